The van der Waals surface area contributed by atoms with Crippen molar-refractivity contribution in [3.8, 4) is 11.8 Å². The SMILES string of the molecule is CN1CCCC(N(C)C(=O)c2ncccc2C#CCN)C1. The topological polar surface area (TPSA) is 62.5 Å². The zero-order chi connectivity index (χ0) is 15.2. The molecule has 0 saturated carbocycles. The van der Waals surface area contributed by atoms with E-state index in [2.05, 4.69) is 28.8 Å². The van der Waals surface area contributed by atoms with Gasteiger partial charge in [0, 0.05) is 25.8 Å². The number of nitrogens with two attached hydrogens (primary N) is 1. The number of amides is 1. The van der Waals surface area contributed by atoms with Gasteiger partial charge in [-0.3, -0.25) is 4.79 Å². The van der Waals surface area contributed by atoms with Crippen LogP contribution in [-0.2, 0) is 0 Å². The molecular weight excluding hydrogens is 264 g/mol. The first kappa shape index (κ1) is 15.5. The molecule has 21 heavy (non-hydrogen) atoms. The van der Waals surface area contributed by atoms with Crippen LogP contribution >= 0.6 is 0 Å². The van der Waals surface area contributed by atoms with Crippen molar-refractivity contribution < 1.29 is 4.79 Å². The fourth-order valence-electron chi connectivity index (χ4n) is 2.61. The molecule has 0 aromatic carbocycles. The van der Waals surface area contributed by atoms with Crippen LogP contribution in [0.4, 0.5) is 0 Å². The molecule has 1 aromatic rings. The van der Waals surface area contributed by atoms with Crippen molar-refractivity contribution in [1.82, 2.24) is 14.8 Å². The first-order chi connectivity index (χ1) is 10.1. The molecule has 1 aromatic heterocycles. The van der Waals surface area contributed by atoms with Crippen molar-refractivity contribution in [3.63, 3.8) is 0 Å². The highest BCUT2D eigenvalue weighted by molar-refractivity contribution is 5.94. The molecular formula is C16H22N4O. The molecule has 112 valence electrons. The minimum absolute atomic E-state index is 0.0720. The zero-order valence-electron chi connectivity index (χ0n) is 12.7. The Bertz CT molecular complexity index is 561. The fraction of sp³-hybridized carbons (Fsp3) is 0.500. The highest BCUT2D eigenvalue weighted by Crippen LogP contribution is 2.16. The van der Waals surface area contributed by atoms with E-state index in [0.29, 0.717) is 11.3 Å². The second-order valence-electron chi connectivity index (χ2n) is 5.38. The Morgan fingerprint density at radius 3 is 3.14 bits per heavy atom. The van der Waals surface area contributed by atoms with Gasteiger partial charge in [0.05, 0.1) is 12.1 Å². The minimum Gasteiger partial charge on any atom is -0.336 e. The van der Waals surface area contributed by atoms with Crippen LogP contribution in [0.5, 0.6) is 0 Å². The number of aromatic nitrogens is 1. The molecule has 1 fully saturated rings. The zero-order valence-corrected chi connectivity index (χ0v) is 12.7. The van der Waals surface area contributed by atoms with Crippen LogP contribution in [0, 0.1) is 11.8 Å². The molecule has 1 amide bonds. The Labute approximate surface area is 126 Å². The summed E-state index contributed by atoms with van der Waals surface area (Å²) in [5, 5.41) is 0. The summed E-state index contributed by atoms with van der Waals surface area (Å²) in [6, 6.07) is 3.82. The Morgan fingerprint density at radius 1 is 1.62 bits per heavy atom. The number of rotatable bonds is 2. The molecule has 0 spiro atoms. The van der Waals surface area contributed by atoms with Crippen LogP contribution in [0.1, 0.15) is 28.9 Å². The highest BCUT2D eigenvalue weighted by Gasteiger charge is 2.26. The van der Waals surface area contributed by atoms with Crippen molar-refractivity contribution in [2.45, 2.75) is 18.9 Å². The minimum atomic E-state index is -0.0720. The molecule has 0 radical (unpaired) electrons. The molecule has 1 atom stereocenters. The van der Waals surface area contributed by atoms with E-state index in [1.165, 1.54) is 0 Å². The summed E-state index contributed by atoms with van der Waals surface area (Å²) in [7, 11) is 3.93. The normalized spacial score (nSPS) is 18.7. The predicted octanol–water partition coefficient (Wildman–Crippen LogP) is 0.558. The van der Waals surface area contributed by atoms with Crippen LogP contribution in [0.15, 0.2) is 18.3 Å². The lowest BCUT2D eigenvalue weighted by Gasteiger charge is -2.35. The number of pyridine rings is 1. The van der Waals surface area contributed by atoms with Gasteiger partial charge < -0.3 is 15.5 Å². The summed E-state index contributed by atoms with van der Waals surface area (Å²) in [6.07, 6.45) is 3.77. The summed E-state index contributed by atoms with van der Waals surface area (Å²) in [5.41, 5.74) is 6.45. The van der Waals surface area contributed by atoms with Gasteiger partial charge in [-0.1, -0.05) is 11.8 Å². The van der Waals surface area contributed by atoms with Gasteiger partial charge in [0.2, 0.25) is 0 Å². The highest BCUT2D eigenvalue weighted by atomic mass is 16.2. The molecule has 2 rings (SSSR count). The number of piperidine rings is 1. The van der Waals surface area contributed by atoms with Crippen LogP contribution in [0.3, 0.4) is 0 Å². The molecule has 2 heterocycles. The first-order valence-electron chi connectivity index (χ1n) is 7.23. The fourth-order valence-corrected chi connectivity index (χ4v) is 2.61. The maximum Gasteiger partial charge on any atom is 0.273 e. The Hall–Kier alpha value is -1.90. The number of likely N-dealkylation sites (N-methyl/N-ethyl adjacent to an activating group) is 2. The number of hydrogen-bond acceptors (Lipinski definition) is 4. The molecule has 1 saturated heterocycles. The molecule has 0 bridgehead atoms. The smallest absolute Gasteiger partial charge is 0.273 e. The molecule has 0 aliphatic carbocycles. The van der Waals surface area contributed by atoms with Gasteiger partial charge in [-0.05, 0) is 38.6 Å². The summed E-state index contributed by atoms with van der Waals surface area (Å²) in [6.45, 7) is 2.26. The molecule has 1 aliphatic heterocycles. The average Bonchev–Trinajstić information content (AvgIpc) is 2.51. The van der Waals surface area contributed by atoms with Gasteiger partial charge in [-0.2, -0.15) is 0 Å². The maximum atomic E-state index is 12.7. The quantitative estimate of drug-likeness (QED) is 0.807. The van der Waals surface area contributed by atoms with E-state index in [0.717, 1.165) is 25.9 Å². The molecule has 5 nitrogen and oxygen atoms in total. The van der Waals surface area contributed by atoms with Gasteiger partial charge in [-0.15, -0.1) is 0 Å². The number of carbonyl (C=O) groups is 1. The lowest BCUT2D eigenvalue weighted by molar-refractivity contribution is 0.0638. The standard InChI is InChI=1S/C16H22N4O/c1-19-11-5-8-14(12-19)20(2)16(21)15-13(6-3-9-17)7-4-10-18-15/h4,7,10,14H,5,8-9,11-12,17H2,1-2H3. The van der Waals surface area contributed by atoms with E-state index in [-0.39, 0.29) is 18.5 Å². The lowest BCUT2D eigenvalue weighted by Crippen LogP contribution is -2.47. The van der Waals surface area contributed by atoms with Gasteiger partial charge in [0.25, 0.3) is 5.91 Å². The third-order valence-corrected chi connectivity index (χ3v) is 3.80. The van der Waals surface area contributed by atoms with E-state index in [1.807, 2.05) is 13.1 Å². The summed E-state index contributed by atoms with van der Waals surface area (Å²) in [5.74, 6) is 5.64. The monoisotopic (exact) mass is 286 g/mol. The predicted molar refractivity (Wildman–Crippen MR) is 82.8 cm³/mol. The number of nitrogens with zero attached hydrogens (tertiary/aromatic N) is 3. The van der Waals surface area contributed by atoms with Crippen LogP contribution in [-0.4, -0.2) is 60.5 Å². The lowest BCUT2D eigenvalue weighted by atomic mass is 10.0. The van der Waals surface area contributed by atoms with Crippen molar-refractivity contribution in [1.29, 1.82) is 0 Å². The summed E-state index contributed by atoms with van der Waals surface area (Å²) < 4.78 is 0. The van der Waals surface area contributed by atoms with E-state index >= 15 is 0 Å². The second kappa shape index (κ2) is 7.21. The average molecular weight is 286 g/mol. The van der Waals surface area contributed by atoms with Crippen molar-refractivity contribution in [2.75, 3.05) is 33.7 Å². The number of hydrogen-bond donors (Lipinski definition) is 1. The van der Waals surface area contributed by atoms with Gasteiger partial charge in [-0.25, -0.2) is 4.98 Å². The molecule has 1 aliphatic rings. The van der Waals surface area contributed by atoms with Crippen LogP contribution in [0.2, 0.25) is 0 Å². The van der Waals surface area contributed by atoms with E-state index in [9.17, 15) is 4.79 Å². The summed E-state index contributed by atoms with van der Waals surface area (Å²) >= 11 is 0. The third kappa shape index (κ3) is 3.81. The summed E-state index contributed by atoms with van der Waals surface area (Å²) in [4.78, 5) is 21.0. The van der Waals surface area contributed by atoms with Crippen molar-refractivity contribution in [2.24, 2.45) is 5.73 Å². The Balaban J connectivity index is 2.19. The van der Waals surface area contributed by atoms with Crippen LogP contribution in [0.25, 0.3) is 0 Å². The van der Waals surface area contributed by atoms with E-state index in [1.54, 1.807) is 17.2 Å². The molecule has 5 heteroatoms. The largest absolute Gasteiger partial charge is 0.336 e. The van der Waals surface area contributed by atoms with Gasteiger partial charge >= 0.3 is 0 Å². The van der Waals surface area contributed by atoms with Gasteiger partial charge in [0.1, 0.15) is 5.69 Å². The first-order valence-corrected chi connectivity index (χ1v) is 7.23. The van der Waals surface area contributed by atoms with Crippen molar-refractivity contribution in [3.05, 3.63) is 29.6 Å². The van der Waals surface area contributed by atoms with Crippen LogP contribution < -0.4 is 5.73 Å². The Morgan fingerprint density at radius 2 is 2.43 bits per heavy atom. The van der Waals surface area contributed by atoms with Gasteiger partial charge in [0.15, 0.2) is 0 Å². The molecule has 2 N–H and O–H groups in total. The Kier molecular flexibility index (Phi) is 5.32. The van der Waals surface area contributed by atoms with E-state index in [4.69, 9.17) is 5.73 Å². The molecule has 1 unspecified atom stereocenters. The maximum absolute atomic E-state index is 12.7. The van der Waals surface area contributed by atoms with Crippen molar-refractivity contribution >= 4 is 5.91 Å². The number of carbonyl (C=O) groups excluding carboxylic acids is 1. The third-order valence-electron chi connectivity index (χ3n) is 3.80. The van der Waals surface area contributed by atoms with E-state index < -0.39 is 0 Å². The second-order valence-corrected chi connectivity index (χ2v) is 5.38. The number of likely N-dealkylation sites (tertiary alicyclic amines) is 1.